The van der Waals surface area contributed by atoms with Crippen molar-refractivity contribution in [1.82, 2.24) is 19.5 Å². The van der Waals surface area contributed by atoms with Gasteiger partial charge < -0.3 is 10.0 Å². The van der Waals surface area contributed by atoms with Crippen LogP contribution in [0, 0.1) is 6.92 Å². The minimum atomic E-state index is -0.0750. The zero-order valence-electron chi connectivity index (χ0n) is 16.6. The lowest BCUT2D eigenvalue weighted by molar-refractivity contribution is 0.211. The fourth-order valence-electron chi connectivity index (χ4n) is 4.08. The van der Waals surface area contributed by atoms with E-state index in [1.165, 1.54) is 17.0 Å². The predicted octanol–water partition coefficient (Wildman–Crippen LogP) is 4.37. The molecule has 5 rings (SSSR count). The molecule has 4 aromatic rings. The molecule has 30 heavy (non-hydrogen) atoms. The van der Waals surface area contributed by atoms with Gasteiger partial charge in [0.1, 0.15) is 5.82 Å². The fourth-order valence-corrected chi connectivity index (χ4v) is 5.37. The van der Waals surface area contributed by atoms with Gasteiger partial charge in [-0.2, -0.15) is 4.52 Å². The minimum Gasteiger partial charge on any atom is -0.492 e. The second-order valence-electron chi connectivity index (χ2n) is 7.46. The second-order valence-corrected chi connectivity index (χ2v) is 8.90. The van der Waals surface area contributed by atoms with Crippen molar-refractivity contribution < 1.29 is 5.11 Å². The van der Waals surface area contributed by atoms with Gasteiger partial charge in [0.15, 0.2) is 0 Å². The maximum atomic E-state index is 11.0. The smallest absolute Gasteiger partial charge is 0.230 e. The third kappa shape index (κ3) is 3.53. The van der Waals surface area contributed by atoms with Crippen molar-refractivity contribution in [3.63, 3.8) is 0 Å². The monoisotopic (exact) mass is 439 g/mol. The van der Waals surface area contributed by atoms with Crippen LogP contribution in [0.15, 0.2) is 54.6 Å². The number of hydrogen-bond acceptors (Lipinski definition) is 6. The van der Waals surface area contributed by atoms with Gasteiger partial charge >= 0.3 is 0 Å². The summed E-state index contributed by atoms with van der Waals surface area (Å²) < 4.78 is 1.54. The molecule has 0 unspecified atom stereocenters. The Kier molecular flexibility index (Phi) is 5.10. The van der Waals surface area contributed by atoms with Crippen molar-refractivity contribution in [2.75, 3.05) is 31.1 Å². The largest absolute Gasteiger partial charge is 0.492 e. The molecule has 154 valence electrons. The number of nitrogens with zero attached hydrogens (tertiary/aromatic N) is 5. The zero-order chi connectivity index (χ0) is 20.7. The maximum Gasteiger partial charge on any atom is 0.230 e. The molecule has 3 heterocycles. The highest BCUT2D eigenvalue weighted by molar-refractivity contribution is 7.17. The molecule has 0 spiro atoms. The Morgan fingerprint density at radius 3 is 2.37 bits per heavy atom. The van der Waals surface area contributed by atoms with E-state index in [9.17, 15) is 5.11 Å². The molecule has 6 nitrogen and oxygen atoms in total. The SMILES string of the molecule is Cc1nc2sc([C@H](c3ccc(Cl)cc3)N3CCN(c4ccccc4)CC3)c(O)n2n1. The molecule has 2 aromatic heterocycles. The fraction of sp³-hybridized carbons (Fsp3) is 0.273. The van der Waals surface area contributed by atoms with Crippen LogP contribution in [-0.4, -0.2) is 50.8 Å². The summed E-state index contributed by atoms with van der Waals surface area (Å²) in [5, 5.41) is 16.0. The van der Waals surface area contributed by atoms with E-state index in [2.05, 4.69) is 44.1 Å². The van der Waals surface area contributed by atoms with Gasteiger partial charge in [-0.15, -0.1) is 5.10 Å². The molecule has 0 amide bonds. The standard InChI is InChI=1S/C22H22ClN5OS/c1-15-24-22-28(25-15)21(29)20(30-22)19(16-7-9-17(23)10-8-16)27-13-11-26(12-14-27)18-5-3-2-4-6-18/h2-10,19,29H,11-14H2,1H3/t19-/m0/s1. The van der Waals surface area contributed by atoms with Gasteiger partial charge in [-0.3, -0.25) is 4.90 Å². The van der Waals surface area contributed by atoms with E-state index in [1.807, 2.05) is 37.3 Å². The van der Waals surface area contributed by atoms with Crippen LogP contribution in [0.1, 0.15) is 22.3 Å². The number of aryl methyl sites for hydroxylation is 1. The van der Waals surface area contributed by atoms with Gasteiger partial charge in [-0.1, -0.05) is 53.3 Å². The molecule has 1 fully saturated rings. The van der Waals surface area contributed by atoms with Crippen molar-refractivity contribution in [3.8, 4) is 5.88 Å². The maximum absolute atomic E-state index is 11.0. The van der Waals surface area contributed by atoms with Crippen LogP contribution in [0.25, 0.3) is 4.96 Å². The topological polar surface area (TPSA) is 56.9 Å². The number of benzene rings is 2. The Hall–Kier alpha value is -2.61. The molecule has 0 bridgehead atoms. The number of rotatable bonds is 4. The van der Waals surface area contributed by atoms with Crippen molar-refractivity contribution in [3.05, 3.63) is 75.9 Å². The van der Waals surface area contributed by atoms with Gasteiger partial charge in [0.05, 0.1) is 10.9 Å². The number of hydrogen-bond donors (Lipinski definition) is 1. The molecule has 1 N–H and O–H groups in total. The van der Waals surface area contributed by atoms with Crippen LogP contribution in [0.5, 0.6) is 5.88 Å². The Balaban J connectivity index is 1.48. The number of fused-ring (bicyclic) bond motifs is 1. The highest BCUT2D eigenvalue weighted by Crippen LogP contribution is 2.40. The van der Waals surface area contributed by atoms with E-state index in [1.54, 1.807) is 4.52 Å². The van der Waals surface area contributed by atoms with Crippen LogP contribution in [0.2, 0.25) is 5.02 Å². The number of thiazole rings is 1. The Bertz CT molecular complexity index is 1150. The summed E-state index contributed by atoms with van der Waals surface area (Å²) in [6, 6.07) is 18.3. The molecule has 0 radical (unpaired) electrons. The number of halogens is 1. The molecule has 0 aliphatic carbocycles. The summed E-state index contributed by atoms with van der Waals surface area (Å²) in [5.41, 5.74) is 2.35. The zero-order valence-corrected chi connectivity index (χ0v) is 18.1. The molecular weight excluding hydrogens is 418 g/mol. The van der Waals surface area contributed by atoms with Crippen LogP contribution >= 0.6 is 22.9 Å². The van der Waals surface area contributed by atoms with E-state index in [0.717, 1.165) is 36.6 Å². The molecule has 1 aliphatic heterocycles. The molecule has 1 aliphatic rings. The van der Waals surface area contributed by atoms with Crippen molar-refractivity contribution >= 4 is 33.6 Å². The first-order valence-corrected chi connectivity index (χ1v) is 11.1. The van der Waals surface area contributed by atoms with E-state index in [-0.39, 0.29) is 11.9 Å². The Morgan fingerprint density at radius 2 is 1.70 bits per heavy atom. The van der Waals surface area contributed by atoms with Crippen molar-refractivity contribution in [1.29, 1.82) is 0 Å². The number of para-hydroxylation sites is 1. The molecular formula is C22H22ClN5OS. The number of piperazine rings is 1. The third-order valence-corrected chi connectivity index (χ3v) is 6.86. The quantitative estimate of drug-likeness (QED) is 0.511. The molecule has 8 heteroatoms. The first kappa shape index (κ1) is 19.4. The summed E-state index contributed by atoms with van der Waals surface area (Å²) in [7, 11) is 0. The molecule has 0 saturated carbocycles. The lowest BCUT2D eigenvalue weighted by Gasteiger charge is -2.40. The predicted molar refractivity (Wildman–Crippen MR) is 121 cm³/mol. The van der Waals surface area contributed by atoms with Gasteiger partial charge in [0, 0.05) is 36.9 Å². The van der Waals surface area contributed by atoms with Gasteiger partial charge in [-0.05, 0) is 36.8 Å². The van der Waals surface area contributed by atoms with E-state index in [0.29, 0.717) is 15.8 Å². The Morgan fingerprint density at radius 1 is 1.00 bits per heavy atom. The summed E-state index contributed by atoms with van der Waals surface area (Å²) in [6.07, 6.45) is 0. The first-order chi connectivity index (χ1) is 14.6. The first-order valence-electron chi connectivity index (χ1n) is 9.94. The summed E-state index contributed by atoms with van der Waals surface area (Å²) in [5.74, 6) is 0.823. The van der Waals surface area contributed by atoms with Gasteiger partial charge in [-0.25, -0.2) is 4.98 Å². The molecule has 1 saturated heterocycles. The van der Waals surface area contributed by atoms with Crippen molar-refractivity contribution in [2.45, 2.75) is 13.0 Å². The van der Waals surface area contributed by atoms with Crippen LogP contribution in [-0.2, 0) is 0 Å². The highest BCUT2D eigenvalue weighted by Gasteiger charge is 2.31. The number of aromatic hydroxyl groups is 1. The average Bonchev–Trinajstić information content (AvgIpc) is 3.28. The minimum absolute atomic E-state index is 0.0750. The van der Waals surface area contributed by atoms with Gasteiger partial charge in [0.2, 0.25) is 10.8 Å². The molecule has 1 atom stereocenters. The van der Waals surface area contributed by atoms with E-state index >= 15 is 0 Å². The summed E-state index contributed by atoms with van der Waals surface area (Å²) in [4.78, 5) is 10.8. The number of anilines is 1. The molecule has 2 aromatic carbocycles. The average molecular weight is 440 g/mol. The van der Waals surface area contributed by atoms with Crippen LogP contribution in [0.3, 0.4) is 0 Å². The third-order valence-electron chi connectivity index (χ3n) is 5.54. The van der Waals surface area contributed by atoms with E-state index in [4.69, 9.17) is 11.6 Å². The normalized spacial score (nSPS) is 16.3. The summed E-state index contributed by atoms with van der Waals surface area (Å²) in [6.45, 7) is 5.45. The lowest BCUT2D eigenvalue weighted by Crippen LogP contribution is -2.47. The highest BCUT2D eigenvalue weighted by atomic mass is 35.5. The lowest BCUT2D eigenvalue weighted by atomic mass is 10.0. The van der Waals surface area contributed by atoms with Crippen molar-refractivity contribution in [2.24, 2.45) is 0 Å². The number of aromatic nitrogens is 3. The summed E-state index contributed by atoms with van der Waals surface area (Å²) >= 11 is 7.63. The van der Waals surface area contributed by atoms with E-state index < -0.39 is 0 Å². The van der Waals surface area contributed by atoms with Crippen LogP contribution in [0.4, 0.5) is 5.69 Å². The Labute approximate surface area is 184 Å². The van der Waals surface area contributed by atoms with Gasteiger partial charge in [0.25, 0.3) is 0 Å². The van der Waals surface area contributed by atoms with Crippen LogP contribution < -0.4 is 4.90 Å². The second kappa shape index (κ2) is 7.91.